The van der Waals surface area contributed by atoms with Crippen LogP contribution in [-0.2, 0) is 0 Å². The van der Waals surface area contributed by atoms with E-state index in [1.807, 2.05) is 30.3 Å². The molecule has 2 aromatic heterocycles. The zero-order valence-corrected chi connectivity index (χ0v) is 13.0. The van der Waals surface area contributed by atoms with Gasteiger partial charge in [-0.15, -0.1) is 0 Å². The number of fused-ring (bicyclic) bond motifs is 3. The third-order valence-corrected chi connectivity index (χ3v) is 4.44. The first kappa shape index (κ1) is 13.2. The first-order valence-corrected chi connectivity index (χ1v) is 8.04. The number of para-hydroxylation sites is 2. The van der Waals surface area contributed by atoms with Gasteiger partial charge in [0.2, 0.25) is 0 Å². The number of hydrogen-bond acceptors (Lipinski definition) is 2. The molecule has 0 amide bonds. The van der Waals surface area contributed by atoms with E-state index in [9.17, 15) is 0 Å². The lowest BCUT2D eigenvalue weighted by atomic mass is 9.97. The lowest BCUT2D eigenvalue weighted by molar-refractivity contribution is 1.37. The van der Waals surface area contributed by atoms with Crippen molar-refractivity contribution in [2.75, 3.05) is 0 Å². The Morgan fingerprint density at radius 3 is 2.08 bits per heavy atom. The molecule has 0 atom stereocenters. The zero-order chi connectivity index (χ0) is 15.9. The molecular formula is C22H14N2. The first-order chi connectivity index (χ1) is 11.9. The SMILES string of the molecule is c1ccc(-c2c3ccccc3nc3nc4ccccc4cc23)cc1. The van der Waals surface area contributed by atoms with Crippen molar-refractivity contribution in [3.05, 3.63) is 84.9 Å². The summed E-state index contributed by atoms with van der Waals surface area (Å²) in [5.74, 6) is 0. The Balaban J connectivity index is 2.02. The van der Waals surface area contributed by atoms with Gasteiger partial charge in [0.25, 0.3) is 0 Å². The van der Waals surface area contributed by atoms with Crippen LogP contribution in [0.5, 0.6) is 0 Å². The lowest BCUT2D eigenvalue weighted by Gasteiger charge is -2.11. The van der Waals surface area contributed by atoms with Crippen LogP contribution in [0.4, 0.5) is 0 Å². The number of pyridine rings is 2. The average molecular weight is 306 g/mol. The molecule has 112 valence electrons. The van der Waals surface area contributed by atoms with Gasteiger partial charge in [-0.2, -0.15) is 0 Å². The maximum atomic E-state index is 4.80. The molecule has 0 saturated carbocycles. The minimum Gasteiger partial charge on any atom is -0.228 e. The van der Waals surface area contributed by atoms with E-state index in [1.165, 1.54) is 11.1 Å². The van der Waals surface area contributed by atoms with Crippen LogP contribution in [0.25, 0.3) is 44.0 Å². The number of nitrogens with zero attached hydrogens (tertiary/aromatic N) is 2. The van der Waals surface area contributed by atoms with Crippen LogP contribution in [0.2, 0.25) is 0 Å². The molecule has 5 aromatic rings. The number of benzene rings is 3. The van der Waals surface area contributed by atoms with Gasteiger partial charge in [0.1, 0.15) is 0 Å². The van der Waals surface area contributed by atoms with Crippen LogP contribution in [0, 0.1) is 0 Å². The van der Waals surface area contributed by atoms with Crippen molar-refractivity contribution < 1.29 is 0 Å². The average Bonchev–Trinajstić information content (AvgIpc) is 2.65. The Morgan fingerprint density at radius 2 is 1.21 bits per heavy atom. The molecule has 2 nitrogen and oxygen atoms in total. The molecule has 3 aromatic carbocycles. The Kier molecular flexibility index (Phi) is 2.83. The maximum Gasteiger partial charge on any atom is 0.161 e. The molecule has 0 fully saturated rings. The highest BCUT2D eigenvalue weighted by atomic mass is 14.8. The summed E-state index contributed by atoms with van der Waals surface area (Å²) in [5.41, 5.74) is 5.15. The summed E-state index contributed by atoms with van der Waals surface area (Å²) in [6.07, 6.45) is 0. The van der Waals surface area contributed by atoms with Crippen molar-refractivity contribution in [1.82, 2.24) is 9.97 Å². The molecule has 0 aliphatic carbocycles. The van der Waals surface area contributed by atoms with E-state index in [1.54, 1.807) is 0 Å². The minimum atomic E-state index is 0.797. The molecule has 0 spiro atoms. The summed E-state index contributed by atoms with van der Waals surface area (Å²) in [6.45, 7) is 0. The predicted octanol–water partition coefficient (Wildman–Crippen LogP) is 5.60. The van der Waals surface area contributed by atoms with Gasteiger partial charge < -0.3 is 0 Å². The molecule has 0 aliphatic rings. The summed E-state index contributed by atoms with van der Waals surface area (Å²) in [5, 5.41) is 3.39. The highest BCUT2D eigenvalue weighted by Gasteiger charge is 2.12. The molecule has 24 heavy (non-hydrogen) atoms. The second-order valence-corrected chi connectivity index (χ2v) is 5.92. The van der Waals surface area contributed by atoms with Gasteiger partial charge in [-0.3, -0.25) is 0 Å². The maximum absolute atomic E-state index is 4.80. The Morgan fingerprint density at radius 1 is 0.542 bits per heavy atom. The zero-order valence-electron chi connectivity index (χ0n) is 13.0. The molecule has 0 aliphatic heterocycles. The molecule has 5 rings (SSSR count). The molecule has 2 heteroatoms. The van der Waals surface area contributed by atoms with Gasteiger partial charge in [-0.25, -0.2) is 9.97 Å². The highest BCUT2D eigenvalue weighted by molar-refractivity contribution is 6.10. The largest absolute Gasteiger partial charge is 0.228 e. The molecule has 0 unspecified atom stereocenters. The lowest BCUT2D eigenvalue weighted by Crippen LogP contribution is -1.92. The number of aromatic nitrogens is 2. The third kappa shape index (κ3) is 1.97. The Labute approximate surface area is 139 Å². The van der Waals surface area contributed by atoms with E-state index in [-0.39, 0.29) is 0 Å². The van der Waals surface area contributed by atoms with Crippen LogP contribution < -0.4 is 0 Å². The van der Waals surface area contributed by atoms with Crippen LogP contribution in [0.15, 0.2) is 84.9 Å². The van der Waals surface area contributed by atoms with Crippen LogP contribution >= 0.6 is 0 Å². The van der Waals surface area contributed by atoms with E-state index >= 15 is 0 Å². The monoisotopic (exact) mass is 306 g/mol. The standard InChI is InChI=1S/C22H14N2/c1-2-8-15(9-3-1)21-17-11-5-7-13-20(17)24-22-18(21)14-16-10-4-6-12-19(16)23-22/h1-14H. The van der Waals surface area contributed by atoms with Crippen molar-refractivity contribution in [2.24, 2.45) is 0 Å². The molecule has 0 saturated heterocycles. The normalized spacial score (nSPS) is 11.3. The van der Waals surface area contributed by atoms with E-state index in [0.29, 0.717) is 0 Å². The third-order valence-electron chi connectivity index (χ3n) is 4.44. The van der Waals surface area contributed by atoms with E-state index < -0.39 is 0 Å². The van der Waals surface area contributed by atoms with Crippen molar-refractivity contribution in [3.63, 3.8) is 0 Å². The van der Waals surface area contributed by atoms with E-state index in [4.69, 9.17) is 9.97 Å². The molecule has 0 N–H and O–H groups in total. The smallest absolute Gasteiger partial charge is 0.161 e. The van der Waals surface area contributed by atoms with Gasteiger partial charge in [-0.05, 0) is 23.8 Å². The Bertz CT molecular complexity index is 1190. The van der Waals surface area contributed by atoms with Crippen LogP contribution in [-0.4, -0.2) is 9.97 Å². The van der Waals surface area contributed by atoms with Crippen molar-refractivity contribution >= 4 is 32.8 Å². The summed E-state index contributed by atoms with van der Waals surface area (Å²) >= 11 is 0. The van der Waals surface area contributed by atoms with Gasteiger partial charge in [-0.1, -0.05) is 66.7 Å². The second kappa shape index (κ2) is 5.14. The van der Waals surface area contributed by atoms with E-state index in [0.717, 1.165) is 32.8 Å². The summed E-state index contributed by atoms with van der Waals surface area (Å²) < 4.78 is 0. The Hall–Kier alpha value is -3.26. The first-order valence-electron chi connectivity index (χ1n) is 8.04. The van der Waals surface area contributed by atoms with Crippen molar-refractivity contribution in [1.29, 1.82) is 0 Å². The van der Waals surface area contributed by atoms with Crippen LogP contribution in [0.3, 0.4) is 0 Å². The fraction of sp³-hybridized carbons (Fsp3) is 0. The summed E-state index contributed by atoms with van der Waals surface area (Å²) in [7, 11) is 0. The number of hydrogen-bond donors (Lipinski definition) is 0. The second-order valence-electron chi connectivity index (χ2n) is 5.92. The highest BCUT2D eigenvalue weighted by Crippen LogP contribution is 2.35. The van der Waals surface area contributed by atoms with Gasteiger partial charge in [0.05, 0.1) is 11.0 Å². The summed E-state index contributed by atoms with van der Waals surface area (Å²) in [4.78, 5) is 9.61. The fourth-order valence-electron chi connectivity index (χ4n) is 3.33. The topological polar surface area (TPSA) is 25.8 Å². The molecule has 2 heterocycles. The van der Waals surface area contributed by atoms with E-state index in [2.05, 4.69) is 54.6 Å². The molecular weight excluding hydrogens is 292 g/mol. The van der Waals surface area contributed by atoms with Gasteiger partial charge in [0, 0.05) is 21.7 Å². The van der Waals surface area contributed by atoms with Crippen molar-refractivity contribution in [2.45, 2.75) is 0 Å². The molecule has 0 bridgehead atoms. The number of rotatable bonds is 1. The van der Waals surface area contributed by atoms with Crippen molar-refractivity contribution in [3.8, 4) is 11.1 Å². The van der Waals surface area contributed by atoms with Gasteiger partial charge >= 0.3 is 0 Å². The predicted molar refractivity (Wildman–Crippen MR) is 100.0 cm³/mol. The quantitative estimate of drug-likeness (QED) is 0.376. The summed E-state index contributed by atoms with van der Waals surface area (Å²) in [6, 6.07) is 29.2. The fourth-order valence-corrected chi connectivity index (χ4v) is 3.33. The van der Waals surface area contributed by atoms with Crippen LogP contribution in [0.1, 0.15) is 0 Å². The van der Waals surface area contributed by atoms with Gasteiger partial charge in [0.15, 0.2) is 5.65 Å². The molecule has 0 radical (unpaired) electrons. The minimum absolute atomic E-state index is 0.797.